The van der Waals surface area contributed by atoms with E-state index >= 15 is 0 Å². The Morgan fingerprint density at radius 3 is 2.65 bits per heavy atom. The number of amides is 2. The van der Waals surface area contributed by atoms with Crippen molar-refractivity contribution < 1.29 is 28.8 Å². The van der Waals surface area contributed by atoms with Crippen molar-refractivity contribution in [1.82, 2.24) is 5.32 Å². The highest BCUT2D eigenvalue weighted by molar-refractivity contribution is 6.58. The molecule has 8 nitrogen and oxygen atoms in total. The molecule has 124 valence electrons. The monoisotopic (exact) mass is 325 g/mol. The summed E-state index contributed by atoms with van der Waals surface area (Å²) in [5, 5.41) is 22.6. The first kappa shape index (κ1) is 18.8. The third-order valence-corrected chi connectivity index (χ3v) is 2.86. The molecule has 0 radical (unpaired) electrons. The van der Waals surface area contributed by atoms with E-state index in [1.54, 1.807) is 0 Å². The zero-order valence-electron chi connectivity index (χ0n) is 12.2. The standard InChI is InChI=1S/C13H17BFN3O5/c15-9-4-8(14(22)23)5-10(6-9)18-12(20)7-17-13(21)11(16)2-1-3-19/h3-6,11,22-23H,1-2,7,16H2,(H,17,21)(H,18,20). The van der Waals surface area contributed by atoms with Gasteiger partial charge in [0.15, 0.2) is 0 Å². The van der Waals surface area contributed by atoms with E-state index in [1.807, 2.05) is 0 Å². The molecule has 0 fully saturated rings. The van der Waals surface area contributed by atoms with Crippen molar-refractivity contribution in [3.05, 3.63) is 24.0 Å². The second kappa shape index (κ2) is 8.98. The van der Waals surface area contributed by atoms with E-state index in [-0.39, 0.29) is 24.0 Å². The predicted molar refractivity (Wildman–Crippen MR) is 81.1 cm³/mol. The van der Waals surface area contributed by atoms with Gasteiger partial charge in [-0.3, -0.25) is 9.59 Å². The van der Waals surface area contributed by atoms with Crippen LogP contribution in [0.3, 0.4) is 0 Å². The molecule has 1 aromatic carbocycles. The molecular formula is C13H17BFN3O5. The molecule has 0 bridgehead atoms. The van der Waals surface area contributed by atoms with Gasteiger partial charge in [0, 0.05) is 12.1 Å². The molecule has 0 saturated heterocycles. The number of rotatable bonds is 8. The summed E-state index contributed by atoms with van der Waals surface area (Å²) in [6, 6.07) is 2.18. The van der Waals surface area contributed by atoms with Crippen molar-refractivity contribution in [3.63, 3.8) is 0 Å². The molecule has 1 unspecified atom stereocenters. The first-order valence-corrected chi connectivity index (χ1v) is 6.77. The van der Waals surface area contributed by atoms with E-state index in [2.05, 4.69) is 10.6 Å². The minimum Gasteiger partial charge on any atom is -0.423 e. The van der Waals surface area contributed by atoms with E-state index in [0.29, 0.717) is 6.29 Å². The van der Waals surface area contributed by atoms with Gasteiger partial charge in [-0.2, -0.15) is 0 Å². The molecule has 0 aromatic heterocycles. The summed E-state index contributed by atoms with van der Waals surface area (Å²) in [6.07, 6.45) is 0.936. The van der Waals surface area contributed by atoms with Crippen molar-refractivity contribution in [1.29, 1.82) is 0 Å². The van der Waals surface area contributed by atoms with Gasteiger partial charge < -0.3 is 31.2 Å². The molecule has 2 amide bonds. The van der Waals surface area contributed by atoms with Crippen molar-refractivity contribution in [2.75, 3.05) is 11.9 Å². The SMILES string of the molecule is NC(CCC=O)C(=O)NCC(=O)Nc1cc(F)cc(B(O)O)c1. The van der Waals surface area contributed by atoms with E-state index in [0.717, 1.165) is 12.1 Å². The highest BCUT2D eigenvalue weighted by Crippen LogP contribution is 2.08. The Bertz CT molecular complexity index is 585. The lowest BCUT2D eigenvalue weighted by Crippen LogP contribution is -2.43. The molecule has 1 rings (SSSR count). The van der Waals surface area contributed by atoms with E-state index < -0.39 is 37.3 Å². The van der Waals surface area contributed by atoms with Gasteiger partial charge in [0.2, 0.25) is 11.8 Å². The number of hydrogen-bond acceptors (Lipinski definition) is 6. The number of halogens is 1. The van der Waals surface area contributed by atoms with Gasteiger partial charge in [0.1, 0.15) is 12.1 Å². The molecule has 0 saturated carbocycles. The number of benzene rings is 1. The summed E-state index contributed by atoms with van der Waals surface area (Å²) in [5.41, 5.74) is 5.39. The van der Waals surface area contributed by atoms with E-state index in [9.17, 15) is 18.8 Å². The van der Waals surface area contributed by atoms with Crippen LogP contribution in [0.1, 0.15) is 12.8 Å². The van der Waals surface area contributed by atoms with Crippen LogP contribution < -0.4 is 21.8 Å². The first-order valence-electron chi connectivity index (χ1n) is 6.77. The molecule has 6 N–H and O–H groups in total. The Morgan fingerprint density at radius 2 is 2.04 bits per heavy atom. The predicted octanol–water partition coefficient (Wildman–Crippen LogP) is -2.13. The number of anilines is 1. The van der Waals surface area contributed by atoms with Crippen molar-refractivity contribution >= 4 is 36.4 Å². The fraction of sp³-hybridized carbons (Fsp3) is 0.308. The Labute approximate surface area is 132 Å². The molecular weight excluding hydrogens is 308 g/mol. The average molecular weight is 325 g/mol. The van der Waals surface area contributed by atoms with Crippen molar-refractivity contribution in [2.24, 2.45) is 5.73 Å². The smallest absolute Gasteiger partial charge is 0.423 e. The molecule has 23 heavy (non-hydrogen) atoms. The van der Waals surface area contributed by atoms with Crippen LogP contribution in [0, 0.1) is 5.82 Å². The second-order valence-electron chi connectivity index (χ2n) is 4.76. The number of carbonyl (C=O) groups is 3. The zero-order chi connectivity index (χ0) is 17.4. The van der Waals surface area contributed by atoms with Gasteiger partial charge in [-0.15, -0.1) is 0 Å². The molecule has 10 heteroatoms. The molecule has 1 aromatic rings. The summed E-state index contributed by atoms with van der Waals surface area (Å²) in [7, 11) is -1.88. The molecule has 0 spiro atoms. The first-order chi connectivity index (χ1) is 10.8. The summed E-state index contributed by atoms with van der Waals surface area (Å²) in [5.74, 6) is -2.00. The Balaban J connectivity index is 2.54. The molecule has 0 aliphatic rings. The average Bonchev–Trinajstić information content (AvgIpc) is 2.49. The van der Waals surface area contributed by atoms with E-state index in [1.165, 1.54) is 6.07 Å². The van der Waals surface area contributed by atoms with E-state index in [4.69, 9.17) is 15.8 Å². The van der Waals surface area contributed by atoms with Crippen LogP contribution in [0.5, 0.6) is 0 Å². The number of carbonyl (C=O) groups excluding carboxylic acids is 3. The van der Waals surface area contributed by atoms with Crippen molar-refractivity contribution in [2.45, 2.75) is 18.9 Å². The van der Waals surface area contributed by atoms with Crippen LogP contribution in [0.15, 0.2) is 18.2 Å². The van der Waals surface area contributed by atoms with Crippen LogP contribution in [-0.4, -0.2) is 47.9 Å². The molecule has 0 aliphatic heterocycles. The lowest BCUT2D eigenvalue weighted by molar-refractivity contribution is -0.125. The molecule has 0 aliphatic carbocycles. The number of aldehydes is 1. The second-order valence-corrected chi connectivity index (χ2v) is 4.76. The minimum atomic E-state index is -1.88. The number of nitrogens with one attached hydrogen (secondary N) is 2. The third kappa shape index (κ3) is 6.55. The number of nitrogens with two attached hydrogens (primary N) is 1. The summed E-state index contributed by atoms with van der Waals surface area (Å²) in [6.45, 7) is -0.402. The quantitative estimate of drug-likeness (QED) is 0.273. The lowest BCUT2D eigenvalue weighted by atomic mass is 9.80. The zero-order valence-corrected chi connectivity index (χ0v) is 12.2. The Morgan fingerprint density at radius 1 is 1.35 bits per heavy atom. The Kier molecular flexibility index (Phi) is 7.32. The fourth-order valence-electron chi connectivity index (χ4n) is 1.72. The Hall–Kier alpha value is -2.30. The normalized spacial score (nSPS) is 11.5. The van der Waals surface area contributed by atoms with Gasteiger partial charge in [0.05, 0.1) is 12.6 Å². The fourth-order valence-corrected chi connectivity index (χ4v) is 1.72. The van der Waals surface area contributed by atoms with Crippen LogP contribution in [0.2, 0.25) is 0 Å². The molecule has 1 atom stereocenters. The maximum atomic E-state index is 13.3. The van der Waals surface area contributed by atoms with Crippen LogP contribution in [-0.2, 0) is 14.4 Å². The highest BCUT2D eigenvalue weighted by atomic mass is 19.1. The summed E-state index contributed by atoms with van der Waals surface area (Å²) >= 11 is 0. The minimum absolute atomic E-state index is 0.0117. The maximum absolute atomic E-state index is 13.3. The van der Waals surface area contributed by atoms with Crippen LogP contribution in [0.4, 0.5) is 10.1 Å². The largest absolute Gasteiger partial charge is 0.488 e. The topological polar surface area (TPSA) is 142 Å². The van der Waals surface area contributed by atoms with Crippen LogP contribution in [0.25, 0.3) is 0 Å². The van der Waals surface area contributed by atoms with Gasteiger partial charge >= 0.3 is 7.12 Å². The van der Waals surface area contributed by atoms with Crippen LogP contribution >= 0.6 is 0 Å². The van der Waals surface area contributed by atoms with Gasteiger partial charge in [-0.25, -0.2) is 4.39 Å². The van der Waals surface area contributed by atoms with Crippen molar-refractivity contribution in [3.8, 4) is 0 Å². The highest BCUT2D eigenvalue weighted by Gasteiger charge is 2.16. The van der Waals surface area contributed by atoms with Gasteiger partial charge in [-0.05, 0) is 30.1 Å². The maximum Gasteiger partial charge on any atom is 0.488 e. The summed E-state index contributed by atoms with van der Waals surface area (Å²) in [4.78, 5) is 33.4. The lowest BCUT2D eigenvalue weighted by Gasteiger charge is -2.11. The number of hydrogen-bond donors (Lipinski definition) is 5. The van der Waals surface area contributed by atoms with Gasteiger partial charge in [0.25, 0.3) is 0 Å². The summed E-state index contributed by atoms with van der Waals surface area (Å²) < 4.78 is 13.3. The molecule has 0 heterocycles. The third-order valence-electron chi connectivity index (χ3n) is 2.86. The van der Waals surface area contributed by atoms with Gasteiger partial charge in [-0.1, -0.05) is 0 Å².